The number of nitriles is 1. The zero-order valence-electron chi connectivity index (χ0n) is 13.3. The van der Waals surface area contributed by atoms with Crippen LogP contribution in [0.5, 0.6) is 0 Å². The van der Waals surface area contributed by atoms with E-state index in [4.69, 9.17) is 5.26 Å². The van der Waals surface area contributed by atoms with Crippen LogP contribution in [0.15, 0.2) is 29.3 Å². The number of allylic oxidation sites excluding steroid dienone is 2. The predicted octanol–water partition coefficient (Wildman–Crippen LogP) is 2.77. The molecule has 23 heavy (non-hydrogen) atoms. The largest absolute Gasteiger partial charge is 0.259 e. The molecule has 1 spiro atoms. The number of aromatic nitrogens is 1. The second-order valence-electron chi connectivity index (χ2n) is 6.57. The molecule has 1 unspecified atom stereocenters. The highest BCUT2D eigenvalue weighted by molar-refractivity contribution is 7.89. The summed E-state index contributed by atoms with van der Waals surface area (Å²) in [6.45, 7) is 2.82. The van der Waals surface area contributed by atoms with Crippen molar-refractivity contribution in [2.24, 2.45) is 5.41 Å². The fourth-order valence-corrected chi connectivity index (χ4v) is 5.16. The van der Waals surface area contributed by atoms with Crippen molar-refractivity contribution in [3.63, 3.8) is 0 Å². The Morgan fingerprint density at radius 1 is 1.35 bits per heavy atom. The number of hydrogen-bond acceptors (Lipinski definition) is 4. The topological polar surface area (TPSA) is 74.1 Å². The first-order valence-corrected chi connectivity index (χ1v) is 9.43. The molecule has 1 aromatic rings. The fourth-order valence-electron chi connectivity index (χ4n) is 3.60. The minimum Gasteiger partial charge on any atom is -0.259 e. The van der Waals surface area contributed by atoms with E-state index in [0.29, 0.717) is 24.3 Å². The van der Waals surface area contributed by atoms with Crippen molar-refractivity contribution >= 4 is 10.0 Å². The van der Waals surface area contributed by atoms with Crippen LogP contribution in [-0.2, 0) is 10.0 Å². The first kappa shape index (κ1) is 16.2. The number of nitrogens with zero attached hydrogens (tertiary/aromatic N) is 3. The van der Waals surface area contributed by atoms with Gasteiger partial charge in [-0.15, -0.1) is 0 Å². The van der Waals surface area contributed by atoms with Crippen molar-refractivity contribution in [3.8, 4) is 6.07 Å². The van der Waals surface area contributed by atoms with Gasteiger partial charge in [-0.25, -0.2) is 8.42 Å². The third-order valence-electron chi connectivity index (χ3n) is 5.01. The SMILES string of the molecule is Cc1ncc(S(=O)(=O)N2CCCC3(CC=CCC3)C2)cc1C#N. The van der Waals surface area contributed by atoms with Gasteiger partial charge in [-0.05, 0) is 50.5 Å². The van der Waals surface area contributed by atoms with Gasteiger partial charge in [-0.1, -0.05) is 12.2 Å². The Kier molecular flexibility index (Phi) is 4.26. The maximum absolute atomic E-state index is 13.0. The Morgan fingerprint density at radius 2 is 2.17 bits per heavy atom. The van der Waals surface area contributed by atoms with Crippen LogP contribution in [0.1, 0.15) is 43.4 Å². The van der Waals surface area contributed by atoms with Crippen LogP contribution in [0, 0.1) is 23.7 Å². The standard InChI is InChI=1S/C17H21N3O2S/c1-14-15(11-18)10-16(12-19-14)23(21,22)20-9-5-8-17(13-20)6-3-2-4-7-17/h2-3,10,12H,4-9,13H2,1H3. The lowest BCUT2D eigenvalue weighted by atomic mass is 9.72. The van der Waals surface area contributed by atoms with E-state index in [0.717, 1.165) is 32.1 Å². The minimum atomic E-state index is -3.59. The molecule has 0 radical (unpaired) electrons. The molecule has 6 heteroatoms. The van der Waals surface area contributed by atoms with Crippen LogP contribution in [0.25, 0.3) is 0 Å². The Labute approximate surface area is 137 Å². The summed E-state index contributed by atoms with van der Waals surface area (Å²) in [5.74, 6) is 0. The lowest BCUT2D eigenvalue weighted by molar-refractivity contribution is 0.132. The average molecular weight is 331 g/mol. The van der Waals surface area contributed by atoms with Crippen LogP contribution in [0.2, 0.25) is 0 Å². The van der Waals surface area contributed by atoms with Crippen LogP contribution in [0.3, 0.4) is 0 Å². The van der Waals surface area contributed by atoms with E-state index in [1.807, 2.05) is 6.07 Å². The molecule has 0 bridgehead atoms. The molecule has 1 aliphatic heterocycles. The molecule has 5 nitrogen and oxygen atoms in total. The van der Waals surface area contributed by atoms with E-state index >= 15 is 0 Å². The Bertz CT molecular complexity index is 780. The second-order valence-corrected chi connectivity index (χ2v) is 8.51. The zero-order valence-corrected chi connectivity index (χ0v) is 14.1. The van der Waals surface area contributed by atoms with Crippen molar-refractivity contribution in [2.75, 3.05) is 13.1 Å². The van der Waals surface area contributed by atoms with E-state index in [1.54, 1.807) is 11.2 Å². The van der Waals surface area contributed by atoms with Crippen LogP contribution >= 0.6 is 0 Å². The quantitative estimate of drug-likeness (QED) is 0.781. The number of sulfonamides is 1. The Morgan fingerprint density at radius 3 is 2.87 bits per heavy atom. The van der Waals surface area contributed by atoms with Gasteiger partial charge in [-0.2, -0.15) is 9.57 Å². The third kappa shape index (κ3) is 3.04. The van der Waals surface area contributed by atoms with Gasteiger partial charge in [0.1, 0.15) is 11.0 Å². The maximum atomic E-state index is 13.0. The Balaban J connectivity index is 1.90. The van der Waals surface area contributed by atoms with Gasteiger partial charge in [0.05, 0.1) is 11.3 Å². The molecule has 2 heterocycles. The van der Waals surface area contributed by atoms with Crippen molar-refractivity contribution in [1.29, 1.82) is 5.26 Å². The number of hydrogen-bond donors (Lipinski definition) is 0. The summed E-state index contributed by atoms with van der Waals surface area (Å²) in [4.78, 5) is 4.20. The molecule has 0 N–H and O–H groups in total. The first-order chi connectivity index (χ1) is 11.0. The maximum Gasteiger partial charge on any atom is 0.244 e. The highest BCUT2D eigenvalue weighted by atomic mass is 32.2. The number of pyridine rings is 1. The molecule has 0 saturated carbocycles. The van der Waals surface area contributed by atoms with Crippen molar-refractivity contribution < 1.29 is 8.42 Å². The fraction of sp³-hybridized carbons (Fsp3) is 0.529. The van der Waals surface area contributed by atoms with Crippen molar-refractivity contribution in [1.82, 2.24) is 9.29 Å². The summed E-state index contributed by atoms with van der Waals surface area (Å²) in [7, 11) is -3.59. The smallest absolute Gasteiger partial charge is 0.244 e. The molecule has 0 amide bonds. The number of aryl methyl sites for hydroxylation is 1. The molecule has 0 aromatic carbocycles. The normalized spacial score (nSPS) is 25.4. The van der Waals surface area contributed by atoms with Gasteiger partial charge in [0, 0.05) is 19.3 Å². The summed E-state index contributed by atoms with van der Waals surface area (Å²) in [5, 5.41) is 9.11. The first-order valence-electron chi connectivity index (χ1n) is 7.99. The average Bonchev–Trinajstić information content (AvgIpc) is 2.56. The lowest BCUT2D eigenvalue weighted by Gasteiger charge is -2.43. The van der Waals surface area contributed by atoms with Gasteiger partial charge < -0.3 is 0 Å². The summed E-state index contributed by atoms with van der Waals surface area (Å²) < 4.78 is 27.5. The molecule has 122 valence electrons. The van der Waals surface area contributed by atoms with Crippen LogP contribution in [0.4, 0.5) is 0 Å². The van der Waals surface area contributed by atoms with Gasteiger partial charge in [-0.3, -0.25) is 4.98 Å². The summed E-state index contributed by atoms with van der Waals surface area (Å²) in [5.41, 5.74) is 0.952. The summed E-state index contributed by atoms with van der Waals surface area (Å²) >= 11 is 0. The molecular weight excluding hydrogens is 310 g/mol. The summed E-state index contributed by atoms with van der Waals surface area (Å²) in [6.07, 6.45) is 10.7. The number of piperidine rings is 1. The zero-order chi connectivity index (χ0) is 16.5. The van der Waals surface area contributed by atoms with Crippen molar-refractivity contribution in [2.45, 2.75) is 43.9 Å². The van der Waals surface area contributed by atoms with E-state index < -0.39 is 10.0 Å². The van der Waals surface area contributed by atoms with Gasteiger partial charge >= 0.3 is 0 Å². The Hall–Kier alpha value is -1.71. The lowest BCUT2D eigenvalue weighted by Crippen LogP contribution is -2.46. The molecule has 1 fully saturated rings. The molecule has 3 rings (SSSR count). The highest BCUT2D eigenvalue weighted by Gasteiger charge is 2.39. The predicted molar refractivity (Wildman–Crippen MR) is 87.1 cm³/mol. The third-order valence-corrected chi connectivity index (χ3v) is 6.82. The van der Waals surface area contributed by atoms with Crippen LogP contribution < -0.4 is 0 Å². The van der Waals surface area contributed by atoms with E-state index in [9.17, 15) is 8.42 Å². The molecular formula is C17H21N3O2S. The molecule has 1 saturated heterocycles. The summed E-state index contributed by atoms with van der Waals surface area (Å²) in [6, 6.07) is 3.46. The van der Waals surface area contributed by atoms with E-state index in [1.165, 1.54) is 12.3 Å². The molecule has 1 aliphatic carbocycles. The highest BCUT2D eigenvalue weighted by Crippen LogP contribution is 2.42. The second kappa shape index (κ2) is 6.06. The molecule has 1 atom stereocenters. The van der Waals surface area contributed by atoms with Gasteiger partial charge in [0.25, 0.3) is 0 Å². The van der Waals surface area contributed by atoms with E-state index in [2.05, 4.69) is 17.1 Å². The van der Waals surface area contributed by atoms with Gasteiger partial charge in [0.2, 0.25) is 10.0 Å². The number of rotatable bonds is 2. The van der Waals surface area contributed by atoms with Crippen molar-refractivity contribution in [3.05, 3.63) is 35.7 Å². The van der Waals surface area contributed by atoms with E-state index in [-0.39, 0.29) is 10.3 Å². The van der Waals surface area contributed by atoms with Crippen LogP contribution in [-0.4, -0.2) is 30.8 Å². The molecule has 2 aliphatic rings. The monoisotopic (exact) mass is 331 g/mol. The van der Waals surface area contributed by atoms with Gasteiger partial charge in [0.15, 0.2) is 0 Å². The molecule has 1 aromatic heterocycles. The minimum absolute atomic E-state index is 0.0796.